The second kappa shape index (κ2) is 6.92. The van der Waals surface area contributed by atoms with Gasteiger partial charge in [0.05, 0.1) is 0 Å². The van der Waals surface area contributed by atoms with Gasteiger partial charge in [-0.2, -0.15) is 0 Å². The van der Waals surface area contributed by atoms with E-state index in [2.05, 4.69) is 9.80 Å². The van der Waals surface area contributed by atoms with Crippen molar-refractivity contribution in [3.05, 3.63) is 0 Å². The molecule has 4 heteroatoms. The van der Waals surface area contributed by atoms with E-state index in [-0.39, 0.29) is 6.61 Å². The minimum atomic E-state index is 0.278. The molecule has 1 rings (SSSR count). The maximum Gasteiger partial charge on any atom is 0.199 e. The van der Waals surface area contributed by atoms with Gasteiger partial charge >= 0.3 is 0 Å². The molecular weight excluding hydrogens is 180 g/mol. The highest BCUT2D eigenvalue weighted by Gasteiger charge is 2.15. The molecule has 1 heterocycles. The van der Waals surface area contributed by atoms with E-state index in [9.17, 15) is 4.79 Å². The molecule has 0 saturated carbocycles. The summed E-state index contributed by atoms with van der Waals surface area (Å²) in [4.78, 5) is 14.7. The van der Waals surface area contributed by atoms with Gasteiger partial charge in [0.25, 0.3) is 0 Å². The van der Waals surface area contributed by atoms with Gasteiger partial charge < -0.3 is 14.9 Å². The first-order valence-corrected chi connectivity index (χ1v) is 5.27. The summed E-state index contributed by atoms with van der Waals surface area (Å²) in [6.07, 6.45) is 3.31. The van der Waals surface area contributed by atoms with Gasteiger partial charge in [-0.1, -0.05) is 0 Å². The third-order valence-corrected chi connectivity index (χ3v) is 2.63. The lowest BCUT2D eigenvalue weighted by molar-refractivity contribution is 0.126. The van der Waals surface area contributed by atoms with Crippen molar-refractivity contribution in [1.29, 1.82) is 0 Å². The average molecular weight is 199 g/mol. The normalized spacial score (nSPS) is 19.8. The molecule has 1 fully saturated rings. The molecule has 0 bridgehead atoms. The van der Waals surface area contributed by atoms with Crippen molar-refractivity contribution in [2.75, 3.05) is 45.9 Å². The summed E-state index contributed by atoms with van der Waals surface area (Å²) in [7, 11) is 0. The molecule has 0 aliphatic carbocycles. The third kappa shape index (κ3) is 4.17. The van der Waals surface area contributed by atoms with Gasteiger partial charge in [0, 0.05) is 52.3 Å². The molecule has 0 atom stereocenters. The van der Waals surface area contributed by atoms with Crippen molar-refractivity contribution >= 4 is 6.29 Å². The molecule has 0 aromatic carbocycles. The number of piperazine rings is 1. The van der Waals surface area contributed by atoms with E-state index < -0.39 is 0 Å². The number of hydrogen-bond acceptors (Lipinski definition) is 4. The quantitative estimate of drug-likeness (QED) is 0.625. The third-order valence-electron chi connectivity index (χ3n) is 2.63. The maximum absolute atomic E-state index is 10.1. The number of rotatable bonds is 6. The molecule has 0 unspecified atom stereocenters. The molecule has 0 spiro atoms. The van der Waals surface area contributed by atoms with Crippen molar-refractivity contribution in [2.45, 2.75) is 12.8 Å². The Bertz CT molecular complexity index is 156. The fraction of sp³-hybridized carbons (Fsp3) is 0.900. The van der Waals surface area contributed by atoms with Gasteiger partial charge in [0.1, 0.15) is 0 Å². The summed E-state index contributed by atoms with van der Waals surface area (Å²) in [6.45, 7) is 6.29. The van der Waals surface area contributed by atoms with Crippen molar-refractivity contribution in [2.24, 2.45) is 0 Å². The van der Waals surface area contributed by atoms with Gasteiger partial charge in [-0.15, -0.1) is 0 Å². The zero-order valence-corrected chi connectivity index (χ0v) is 8.61. The van der Waals surface area contributed by atoms with Crippen molar-refractivity contribution in [1.82, 2.24) is 9.80 Å². The van der Waals surface area contributed by atoms with Crippen LogP contribution in [0.25, 0.3) is 0 Å². The van der Waals surface area contributed by atoms with Crippen molar-refractivity contribution < 1.29 is 9.90 Å². The van der Waals surface area contributed by atoms with E-state index in [0.29, 0.717) is 6.42 Å². The summed E-state index contributed by atoms with van der Waals surface area (Å²) in [5.41, 5.74) is 0. The minimum absolute atomic E-state index is 0.278. The van der Waals surface area contributed by atoms with Crippen LogP contribution in [0.3, 0.4) is 0 Å². The first-order valence-electron chi connectivity index (χ1n) is 5.27. The largest absolute Gasteiger partial charge is 0.396 e. The molecule has 1 radical (unpaired) electrons. The summed E-state index contributed by atoms with van der Waals surface area (Å²) < 4.78 is 0. The van der Waals surface area contributed by atoms with E-state index in [4.69, 9.17) is 5.11 Å². The highest BCUT2D eigenvalue weighted by molar-refractivity contribution is 5.50. The van der Waals surface area contributed by atoms with E-state index in [1.165, 1.54) is 0 Å². The fourth-order valence-corrected chi connectivity index (χ4v) is 1.73. The molecular formula is C10H19N2O2. The van der Waals surface area contributed by atoms with Crippen LogP contribution in [0.4, 0.5) is 0 Å². The Kier molecular flexibility index (Phi) is 5.75. The van der Waals surface area contributed by atoms with Gasteiger partial charge in [-0.3, -0.25) is 4.79 Å². The van der Waals surface area contributed by atoms with Crippen LogP contribution < -0.4 is 0 Å². The van der Waals surface area contributed by atoms with Crippen LogP contribution in [0.1, 0.15) is 12.8 Å². The second-order valence-corrected chi connectivity index (χ2v) is 3.65. The minimum Gasteiger partial charge on any atom is -0.396 e. The van der Waals surface area contributed by atoms with E-state index >= 15 is 0 Å². The Labute approximate surface area is 85.5 Å². The summed E-state index contributed by atoms with van der Waals surface area (Å²) in [5.74, 6) is 0. The maximum atomic E-state index is 10.1. The SMILES string of the molecule is O=[C]CCN1CCN(CCCO)CC1. The molecule has 1 N–H and O–H groups in total. The predicted molar refractivity (Wildman–Crippen MR) is 54.9 cm³/mol. The van der Waals surface area contributed by atoms with Gasteiger partial charge in [0.15, 0.2) is 6.29 Å². The zero-order valence-electron chi connectivity index (χ0n) is 8.61. The predicted octanol–water partition coefficient (Wildman–Crippen LogP) is -0.514. The Morgan fingerprint density at radius 3 is 2.14 bits per heavy atom. The molecule has 0 aromatic rings. The van der Waals surface area contributed by atoms with E-state index in [1.807, 2.05) is 6.29 Å². The Morgan fingerprint density at radius 2 is 1.64 bits per heavy atom. The standard InChI is InChI=1S/C10H19N2O2/c13-9-1-3-11-5-7-12(8-6-11)4-2-10-14/h13H,1-9H2. The van der Waals surface area contributed by atoms with Crippen LogP contribution in [0.2, 0.25) is 0 Å². The van der Waals surface area contributed by atoms with Crippen LogP contribution in [0, 0.1) is 0 Å². The lowest BCUT2D eigenvalue weighted by Crippen LogP contribution is -2.46. The van der Waals surface area contributed by atoms with Crippen LogP contribution in [0.15, 0.2) is 0 Å². The Balaban J connectivity index is 2.08. The molecule has 14 heavy (non-hydrogen) atoms. The number of aliphatic hydroxyl groups excluding tert-OH is 1. The molecule has 0 amide bonds. The molecule has 1 saturated heterocycles. The number of nitrogens with zero attached hydrogens (tertiary/aromatic N) is 2. The summed E-state index contributed by atoms with van der Waals surface area (Å²) in [6, 6.07) is 0. The number of hydrogen-bond donors (Lipinski definition) is 1. The van der Waals surface area contributed by atoms with Crippen LogP contribution in [-0.2, 0) is 4.79 Å². The molecule has 4 nitrogen and oxygen atoms in total. The summed E-state index contributed by atoms with van der Waals surface area (Å²) >= 11 is 0. The highest BCUT2D eigenvalue weighted by atomic mass is 16.3. The molecule has 81 valence electrons. The Morgan fingerprint density at radius 1 is 1.07 bits per heavy atom. The molecule has 1 aliphatic heterocycles. The topological polar surface area (TPSA) is 43.8 Å². The lowest BCUT2D eigenvalue weighted by atomic mass is 10.3. The first kappa shape index (κ1) is 11.6. The van der Waals surface area contributed by atoms with Crippen molar-refractivity contribution in [3.63, 3.8) is 0 Å². The molecule has 0 aromatic heterocycles. The van der Waals surface area contributed by atoms with Crippen LogP contribution >= 0.6 is 0 Å². The zero-order chi connectivity index (χ0) is 10.2. The Hall–Kier alpha value is -0.450. The van der Waals surface area contributed by atoms with E-state index in [0.717, 1.165) is 45.7 Å². The van der Waals surface area contributed by atoms with Gasteiger partial charge in [0.2, 0.25) is 0 Å². The smallest absolute Gasteiger partial charge is 0.199 e. The van der Waals surface area contributed by atoms with E-state index in [1.54, 1.807) is 0 Å². The average Bonchev–Trinajstić information content (AvgIpc) is 2.25. The van der Waals surface area contributed by atoms with Crippen LogP contribution in [-0.4, -0.2) is 67.1 Å². The van der Waals surface area contributed by atoms with Crippen molar-refractivity contribution in [3.8, 4) is 0 Å². The monoisotopic (exact) mass is 199 g/mol. The number of aliphatic hydroxyl groups is 1. The van der Waals surface area contributed by atoms with Gasteiger partial charge in [-0.05, 0) is 6.42 Å². The number of carbonyl (C=O) groups excluding carboxylic acids is 1. The van der Waals surface area contributed by atoms with Crippen LogP contribution in [0.5, 0.6) is 0 Å². The first-order chi connectivity index (χ1) is 6.86. The highest BCUT2D eigenvalue weighted by Crippen LogP contribution is 2.02. The fourth-order valence-electron chi connectivity index (χ4n) is 1.73. The lowest BCUT2D eigenvalue weighted by Gasteiger charge is -2.34. The molecule has 1 aliphatic rings. The van der Waals surface area contributed by atoms with Gasteiger partial charge in [-0.25, -0.2) is 0 Å². The summed E-state index contributed by atoms with van der Waals surface area (Å²) in [5, 5.41) is 8.68. The second-order valence-electron chi connectivity index (χ2n) is 3.65.